The van der Waals surface area contributed by atoms with E-state index in [2.05, 4.69) is 4.98 Å². The lowest BCUT2D eigenvalue weighted by Crippen LogP contribution is -2.06. The Balaban J connectivity index is 3.42. The number of nitriles is 1. The Morgan fingerprint density at radius 3 is 2.71 bits per heavy atom. The molecule has 0 saturated heterocycles. The molecule has 74 valence electrons. The predicted molar refractivity (Wildman–Crippen MR) is 46.8 cm³/mol. The SMILES string of the molecule is N#Cc1c(Cl)ncc(C(F)F)c1CN. The molecule has 0 aliphatic heterocycles. The van der Waals surface area contributed by atoms with E-state index in [1.54, 1.807) is 6.07 Å². The summed E-state index contributed by atoms with van der Waals surface area (Å²) in [7, 11) is 0. The summed E-state index contributed by atoms with van der Waals surface area (Å²) >= 11 is 5.55. The number of pyridine rings is 1. The van der Waals surface area contributed by atoms with E-state index in [9.17, 15) is 8.78 Å². The van der Waals surface area contributed by atoms with E-state index in [0.717, 1.165) is 6.20 Å². The molecule has 6 heteroatoms. The van der Waals surface area contributed by atoms with Crippen molar-refractivity contribution in [1.29, 1.82) is 5.26 Å². The maximum absolute atomic E-state index is 12.4. The number of hydrogen-bond donors (Lipinski definition) is 1. The topological polar surface area (TPSA) is 62.7 Å². The molecule has 1 heterocycles. The van der Waals surface area contributed by atoms with Gasteiger partial charge in [0.05, 0.1) is 5.56 Å². The summed E-state index contributed by atoms with van der Waals surface area (Å²) in [5.74, 6) is 0. The molecule has 3 nitrogen and oxygen atoms in total. The number of halogens is 3. The zero-order valence-electron chi connectivity index (χ0n) is 6.97. The van der Waals surface area contributed by atoms with Gasteiger partial charge in [-0.3, -0.25) is 0 Å². The van der Waals surface area contributed by atoms with E-state index in [1.165, 1.54) is 0 Å². The van der Waals surface area contributed by atoms with E-state index in [1.807, 2.05) is 0 Å². The Bertz CT molecular complexity index is 387. The van der Waals surface area contributed by atoms with E-state index >= 15 is 0 Å². The van der Waals surface area contributed by atoms with Gasteiger partial charge >= 0.3 is 0 Å². The maximum Gasteiger partial charge on any atom is 0.265 e. The van der Waals surface area contributed by atoms with E-state index in [0.29, 0.717) is 0 Å². The number of rotatable bonds is 2. The molecular weight excluding hydrogens is 212 g/mol. The first-order valence-electron chi connectivity index (χ1n) is 3.67. The molecule has 14 heavy (non-hydrogen) atoms. The van der Waals surface area contributed by atoms with Gasteiger partial charge in [-0.2, -0.15) is 5.26 Å². The molecule has 0 bridgehead atoms. The summed E-state index contributed by atoms with van der Waals surface area (Å²) in [6.07, 6.45) is -1.76. The lowest BCUT2D eigenvalue weighted by atomic mass is 10.1. The van der Waals surface area contributed by atoms with Crippen LogP contribution in [0.4, 0.5) is 8.78 Å². The van der Waals surface area contributed by atoms with Crippen molar-refractivity contribution in [2.75, 3.05) is 0 Å². The molecule has 2 N–H and O–H groups in total. The Labute approximate surface area is 84.1 Å². The van der Waals surface area contributed by atoms with Gasteiger partial charge in [-0.25, -0.2) is 13.8 Å². The number of alkyl halides is 2. The number of nitrogens with zero attached hydrogens (tertiary/aromatic N) is 2. The fraction of sp³-hybridized carbons (Fsp3) is 0.250. The summed E-state index contributed by atoms with van der Waals surface area (Å²) in [6, 6.07) is 1.70. The first-order valence-corrected chi connectivity index (χ1v) is 4.05. The van der Waals surface area contributed by atoms with Gasteiger partial charge in [-0.05, 0) is 5.56 Å². The van der Waals surface area contributed by atoms with Crippen molar-refractivity contribution in [2.24, 2.45) is 5.73 Å². The molecule has 0 radical (unpaired) electrons. The molecule has 1 aromatic rings. The molecule has 0 aliphatic rings. The summed E-state index contributed by atoms with van der Waals surface area (Å²) in [5.41, 5.74) is 4.90. The first kappa shape index (κ1) is 10.8. The quantitative estimate of drug-likeness (QED) is 0.771. The van der Waals surface area contributed by atoms with Gasteiger partial charge in [-0.15, -0.1) is 0 Å². The van der Waals surface area contributed by atoms with Crippen LogP contribution < -0.4 is 5.73 Å². The molecule has 0 fully saturated rings. The molecule has 0 atom stereocenters. The van der Waals surface area contributed by atoms with Crippen LogP contribution in [0.25, 0.3) is 0 Å². The summed E-state index contributed by atoms with van der Waals surface area (Å²) < 4.78 is 24.8. The summed E-state index contributed by atoms with van der Waals surface area (Å²) in [5, 5.41) is 8.56. The van der Waals surface area contributed by atoms with Crippen LogP contribution in [0.2, 0.25) is 5.15 Å². The second kappa shape index (κ2) is 4.31. The molecule has 0 aromatic carbocycles. The molecular formula is C8H6ClF2N3. The minimum Gasteiger partial charge on any atom is -0.326 e. The third kappa shape index (κ3) is 1.81. The highest BCUT2D eigenvalue weighted by molar-refractivity contribution is 6.30. The van der Waals surface area contributed by atoms with Gasteiger partial charge in [-0.1, -0.05) is 11.6 Å². The van der Waals surface area contributed by atoms with Crippen molar-refractivity contribution < 1.29 is 8.78 Å². The Morgan fingerprint density at radius 2 is 2.29 bits per heavy atom. The fourth-order valence-electron chi connectivity index (χ4n) is 1.06. The van der Waals surface area contributed by atoms with Gasteiger partial charge in [0.25, 0.3) is 6.43 Å². The van der Waals surface area contributed by atoms with Gasteiger partial charge in [0.2, 0.25) is 0 Å². The van der Waals surface area contributed by atoms with Gasteiger partial charge in [0.1, 0.15) is 11.2 Å². The Morgan fingerprint density at radius 1 is 1.64 bits per heavy atom. The second-order valence-corrected chi connectivity index (χ2v) is 2.83. The zero-order valence-corrected chi connectivity index (χ0v) is 7.72. The van der Waals surface area contributed by atoms with Crippen LogP contribution in [-0.4, -0.2) is 4.98 Å². The van der Waals surface area contributed by atoms with Crippen LogP contribution in [0.3, 0.4) is 0 Å². The van der Waals surface area contributed by atoms with E-state index in [4.69, 9.17) is 22.6 Å². The van der Waals surface area contributed by atoms with Crippen LogP contribution in [0.15, 0.2) is 6.20 Å². The highest BCUT2D eigenvalue weighted by Crippen LogP contribution is 2.27. The maximum atomic E-state index is 12.4. The van der Waals surface area contributed by atoms with E-state index in [-0.39, 0.29) is 28.4 Å². The monoisotopic (exact) mass is 217 g/mol. The van der Waals surface area contributed by atoms with Gasteiger partial charge in [0, 0.05) is 18.3 Å². The standard InChI is InChI=1S/C8H6ClF2N3/c9-7-5(2-13)4(1-12)6(3-14-7)8(10)11/h3,8H,1,12H2. The van der Waals surface area contributed by atoms with Crippen molar-refractivity contribution >= 4 is 11.6 Å². The Hall–Kier alpha value is -1.25. The number of hydrogen-bond acceptors (Lipinski definition) is 3. The third-order valence-corrected chi connectivity index (χ3v) is 2.01. The van der Waals surface area contributed by atoms with Crippen molar-refractivity contribution in [1.82, 2.24) is 4.98 Å². The van der Waals surface area contributed by atoms with Crippen molar-refractivity contribution in [2.45, 2.75) is 13.0 Å². The average Bonchev–Trinajstić information content (AvgIpc) is 2.16. The van der Waals surface area contributed by atoms with Crippen LogP contribution >= 0.6 is 11.6 Å². The normalized spacial score (nSPS) is 10.3. The van der Waals surface area contributed by atoms with Crippen molar-refractivity contribution in [3.05, 3.63) is 28.0 Å². The Kier molecular flexibility index (Phi) is 3.33. The molecule has 0 saturated carbocycles. The molecule has 1 aromatic heterocycles. The third-order valence-electron chi connectivity index (χ3n) is 1.72. The second-order valence-electron chi connectivity index (χ2n) is 2.47. The summed E-state index contributed by atoms with van der Waals surface area (Å²) in [4.78, 5) is 3.49. The average molecular weight is 218 g/mol. The minimum atomic E-state index is -2.70. The van der Waals surface area contributed by atoms with E-state index < -0.39 is 6.43 Å². The van der Waals surface area contributed by atoms with Crippen LogP contribution in [0, 0.1) is 11.3 Å². The number of nitrogens with two attached hydrogens (primary N) is 1. The molecule has 0 spiro atoms. The first-order chi connectivity index (χ1) is 6.61. The lowest BCUT2D eigenvalue weighted by molar-refractivity contribution is 0.149. The van der Waals surface area contributed by atoms with Crippen LogP contribution in [0.1, 0.15) is 23.1 Å². The largest absolute Gasteiger partial charge is 0.326 e. The fourth-order valence-corrected chi connectivity index (χ4v) is 1.26. The molecule has 0 aliphatic carbocycles. The lowest BCUT2D eigenvalue weighted by Gasteiger charge is -2.08. The molecule has 1 rings (SSSR count). The highest BCUT2D eigenvalue weighted by atomic mass is 35.5. The zero-order chi connectivity index (χ0) is 10.7. The van der Waals surface area contributed by atoms with Crippen molar-refractivity contribution in [3.63, 3.8) is 0 Å². The van der Waals surface area contributed by atoms with Gasteiger partial charge < -0.3 is 5.73 Å². The summed E-state index contributed by atoms with van der Waals surface area (Å²) in [6.45, 7) is -0.162. The van der Waals surface area contributed by atoms with Crippen LogP contribution in [-0.2, 0) is 6.54 Å². The predicted octanol–water partition coefficient (Wildman–Crippen LogP) is 2.00. The molecule has 0 amide bonds. The minimum absolute atomic E-state index is 0.0579. The molecule has 0 unspecified atom stereocenters. The van der Waals surface area contributed by atoms with Crippen LogP contribution in [0.5, 0.6) is 0 Å². The van der Waals surface area contributed by atoms with Crippen molar-refractivity contribution in [3.8, 4) is 6.07 Å². The smallest absolute Gasteiger partial charge is 0.265 e. The number of aromatic nitrogens is 1. The highest BCUT2D eigenvalue weighted by Gasteiger charge is 2.18. The van der Waals surface area contributed by atoms with Gasteiger partial charge in [0.15, 0.2) is 0 Å².